The molecule has 1 N–H and O–H groups in total. The Morgan fingerprint density at radius 2 is 1.89 bits per heavy atom. The molecule has 2 aromatic heterocycles. The second-order valence-corrected chi connectivity index (χ2v) is 5.89. The number of esters is 1. The summed E-state index contributed by atoms with van der Waals surface area (Å²) in [6, 6.07) is 10.3. The number of hydrazone groups is 1. The molecule has 0 saturated carbocycles. The maximum Gasteiger partial charge on any atom is 0.345 e. The Labute approximate surface area is 162 Å². The first-order valence-electron chi connectivity index (χ1n) is 8.47. The van der Waals surface area contributed by atoms with Gasteiger partial charge in [-0.05, 0) is 55.8 Å². The fourth-order valence-corrected chi connectivity index (χ4v) is 2.43. The summed E-state index contributed by atoms with van der Waals surface area (Å²) in [5.74, 6) is 0.618. The number of carbonyl (C=O) groups excluding carboxylic acids is 1. The number of anilines is 1. The average Bonchev–Trinajstić information content (AvgIpc) is 2.69. The zero-order chi connectivity index (χ0) is 19.9. The zero-order valence-electron chi connectivity index (χ0n) is 15.7. The predicted octanol–water partition coefficient (Wildman–Crippen LogP) is 3.16. The molecule has 8 heteroatoms. The smallest absolute Gasteiger partial charge is 0.345 e. The van der Waals surface area contributed by atoms with Crippen LogP contribution in [0.3, 0.4) is 0 Å². The van der Waals surface area contributed by atoms with Gasteiger partial charge in [0.05, 0.1) is 18.9 Å². The van der Waals surface area contributed by atoms with Crippen molar-refractivity contribution in [2.45, 2.75) is 13.8 Å². The van der Waals surface area contributed by atoms with E-state index in [1.807, 2.05) is 19.9 Å². The van der Waals surface area contributed by atoms with Crippen LogP contribution in [-0.4, -0.2) is 34.2 Å². The fourth-order valence-electron chi connectivity index (χ4n) is 2.43. The van der Waals surface area contributed by atoms with Crippen molar-refractivity contribution in [3.05, 3.63) is 71.3 Å². The monoisotopic (exact) mass is 377 g/mol. The van der Waals surface area contributed by atoms with Gasteiger partial charge in [-0.1, -0.05) is 0 Å². The van der Waals surface area contributed by atoms with Crippen molar-refractivity contribution >= 4 is 18.1 Å². The molecule has 0 atom stereocenters. The molecule has 3 aromatic rings. The van der Waals surface area contributed by atoms with Crippen molar-refractivity contribution in [1.29, 1.82) is 0 Å². The summed E-state index contributed by atoms with van der Waals surface area (Å²) in [5, 5.41) is 4.14. The molecule has 3 rings (SSSR count). The Kier molecular flexibility index (Phi) is 5.91. The van der Waals surface area contributed by atoms with E-state index in [0.29, 0.717) is 23.0 Å². The minimum atomic E-state index is -0.513. The van der Waals surface area contributed by atoms with Gasteiger partial charge in [-0.2, -0.15) is 5.10 Å². The number of aryl methyl sites for hydroxylation is 2. The summed E-state index contributed by atoms with van der Waals surface area (Å²) < 4.78 is 10.7. The van der Waals surface area contributed by atoms with Gasteiger partial charge >= 0.3 is 5.97 Å². The Morgan fingerprint density at radius 1 is 1.11 bits per heavy atom. The topological polar surface area (TPSA) is 98.6 Å². The van der Waals surface area contributed by atoms with Gasteiger partial charge in [0.2, 0.25) is 5.95 Å². The zero-order valence-corrected chi connectivity index (χ0v) is 15.7. The molecule has 0 aliphatic carbocycles. The van der Waals surface area contributed by atoms with Gasteiger partial charge in [0, 0.05) is 23.8 Å². The molecule has 0 unspecified atom stereocenters. The minimum Gasteiger partial charge on any atom is -0.493 e. The number of benzene rings is 1. The molecule has 0 fully saturated rings. The van der Waals surface area contributed by atoms with Crippen LogP contribution in [0.2, 0.25) is 0 Å². The molecule has 0 spiro atoms. The van der Waals surface area contributed by atoms with Gasteiger partial charge in [0.15, 0.2) is 11.5 Å². The van der Waals surface area contributed by atoms with Gasteiger partial charge in [-0.25, -0.2) is 20.2 Å². The van der Waals surface area contributed by atoms with E-state index >= 15 is 0 Å². The predicted molar refractivity (Wildman–Crippen MR) is 105 cm³/mol. The van der Waals surface area contributed by atoms with Crippen LogP contribution in [0.1, 0.15) is 27.3 Å². The number of aromatic nitrogens is 3. The molecule has 0 aliphatic rings. The van der Waals surface area contributed by atoms with Crippen LogP contribution in [0, 0.1) is 13.8 Å². The van der Waals surface area contributed by atoms with E-state index in [-0.39, 0.29) is 0 Å². The number of hydrogen-bond acceptors (Lipinski definition) is 8. The summed E-state index contributed by atoms with van der Waals surface area (Å²) >= 11 is 0. The van der Waals surface area contributed by atoms with Crippen molar-refractivity contribution in [2.75, 3.05) is 12.5 Å². The Bertz CT molecular complexity index is 986. The average molecular weight is 377 g/mol. The molecule has 0 bridgehead atoms. The molecular weight excluding hydrogens is 358 g/mol. The third-order valence-corrected chi connectivity index (χ3v) is 3.65. The maximum absolute atomic E-state index is 12.2. The SMILES string of the molecule is COc1cc(/C=N/Nc2nc(C)cc(C)n2)ccc1OC(=O)c1cccnc1. The van der Waals surface area contributed by atoms with E-state index in [0.717, 1.165) is 17.0 Å². The highest BCUT2D eigenvalue weighted by Gasteiger charge is 2.12. The molecule has 0 amide bonds. The molecule has 1 aromatic carbocycles. The van der Waals surface area contributed by atoms with Crippen LogP contribution in [0.15, 0.2) is 53.9 Å². The highest BCUT2D eigenvalue weighted by atomic mass is 16.6. The number of nitrogens with zero attached hydrogens (tertiary/aromatic N) is 4. The standard InChI is InChI=1S/C20H19N5O3/c1-13-9-14(2)24-20(23-13)25-22-11-15-6-7-17(18(10-15)27-3)28-19(26)16-5-4-8-21-12-16/h4-12H,1-3H3,(H,23,24,25)/b22-11+. The summed E-state index contributed by atoms with van der Waals surface area (Å²) in [6.07, 6.45) is 4.62. The number of nitrogens with one attached hydrogen (secondary N) is 1. The van der Waals surface area contributed by atoms with E-state index in [9.17, 15) is 4.79 Å². The van der Waals surface area contributed by atoms with Crippen LogP contribution >= 0.6 is 0 Å². The van der Waals surface area contributed by atoms with Crippen LogP contribution in [-0.2, 0) is 0 Å². The minimum absolute atomic E-state index is 0.305. The maximum atomic E-state index is 12.2. The fraction of sp³-hybridized carbons (Fsp3) is 0.150. The lowest BCUT2D eigenvalue weighted by atomic mass is 10.2. The number of hydrogen-bond donors (Lipinski definition) is 1. The summed E-state index contributed by atoms with van der Waals surface area (Å²) in [4.78, 5) is 24.6. The number of pyridine rings is 1. The van der Waals surface area contributed by atoms with Crippen molar-refractivity contribution < 1.29 is 14.3 Å². The van der Waals surface area contributed by atoms with Crippen molar-refractivity contribution in [1.82, 2.24) is 15.0 Å². The third kappa shape index (κ3) is 4.88. The summed E-state index contributed by atoms with van der Waals surface area (Å²) in [5.41, 5.74) is 5.60. The largest absolute Gasteiger partial charge is 0.493 e. The first kappa shape index (κ1) is 19.0. The lowest BCUT2D eigenvalue weighted by Crippen LogP contribution is -2.09. The number of rotatable bonds is 6. The molecular formula is C20H19N5O3. The summed E-state index contributed by atoms with van der Waals surface area (Å²) in [6.45, 7) is 3.78. The molecule has 28 heavy (non-hydrogen) atoms. The second kappa shape index (κ2) is 8.72. The molecule has 2 heterocycles. The molecule has 0 aliphatic heterocycles. The van der Waals surface area contributed by atoms with Crippen molar-refractivity contribution in [3.8, 4) is 11.5 Å². The van der Waals surface area contributed by atoms with E-state index in [1.54, 1.807) is 42.7 Å². The van der Waals surface area contributed by atoms with Crippen LogP contribution in [0.4, 0.5) is 5.95 Å². The Hall–Kier alpha value is -3.81. The van der Waals surface area contributed by atoms with Gasteiger partial charge in [0.1, 0.15) is 0 Å². The summed E-state index contributed by atoms with van der Waals surface area (Å²) in [7, 11) is 1.50. The lowest BCUT2D eigenvalue weighted by molar-refractivity contribution is 0.0729. The van der Waals surface area contributed by atoms with Gasteiger partial charge in [0.25, 0.3) is 0 Å². The molecule has 0 saturated heterocycles. The second-order valence-electron chi connectivity index (χ2n) is 5.89. The van der Waals surface area contributed by atoms with E-state index in [1.165, 1.54) is 13.3 Å². The van der Waals surface area contributed by atoms with E-state index in [4.69, 9.17) is 9.47 Å². The lowest BCUT2D eigenvalue weighted by Gasteiger charge is -2.09. The van der Waals surface area contributed by atoms with Crippen LogP contribution < -0.4 is 14.9 Å². The number of methoxy groups -OCH3 is 1. The highest BCUT2D eigenvalue weighted by Crippen LogP contribution is 2.28. The third-order valence-electron chi connectivity index (χ3n) is 3.65. The Morgan fingerprint density at radius 3 is 2.57 bits per heavy atom. The van der Waals surface area contributed by atoms with Crippen molar-refractivity contribution in [3.63, 3.8) is 0 Å². The van der Waals surface area contributed by atoms with Crippen molar-refractivity contribution in [2.24, 2.45) is 5.10 Å². The van der Waals surface area contributed by atoms with Crippen LogP contribution in [0.5, 0.6) is 11.5 Å². The van der Waals surface area contributed by atoms with Gasteiger partial charge < -0.3 is 9.47 Å². The van der Waals surface area contributed by atoms with Gasteiger partial charge in [-0.15, -0.1) is 0 Å². The molecule has 8 nitrogen and oxygen atoms in total. The van der Waals surface area contributed by atoms with E-state index in [2.05, 4.69) is 25.5 Å². The molecule has 142 valence electrons. The number of carbonyl (C=O) groups is 1. The molecule has 0 radical (unpaired) electrons. The quantitative estimate of drug-likeness (QED) is 0.305. The number of ether oxygens (including phenoxy) is 2. The highest BCUT2D eigenvalue weighted by molar-refractivity contribution is 5.91. The van der Waals surface area contributed by atoms with Gasteiger partial charge in [-0.3, -0.25) is 4.98 Å². The van der Waals surface area contributed by atoms with Crippen LogP contribution in [0.25, 0.3) is 0 Å². The Balaban J connectivity index is 1.71. The van der Waals surface area contributed by atoms with E-state index < -0.39 is 5.97 Å². The normalized spacial score (nSPS) is 10.7. The first-order chi connectivity index (χ1) is 13.5. The first-order valence-corrected chi connectivity index (χ1v) is 8.47.